The van der Waals surface area contributed by atoms with Crippen molar-refractivity contribution in [2.45, 2.75) is 18.3 Å². The third-order valence-corrected chi connectivity index (χ3v) is 4.19. The van der Waals surface area contributed by atoms with Gasteiger partial charge in [-0.2, -0.15) is 5.26 Å². The van der Waals surface area contributed by atoms with Crippen molar-refractivity contribution in [1.29, 1.82) is 5.26 Å². The standard InChI is InChI=1S/C16H12BrN/c17-15-7-3-6-14(8-15)16(11-18)9-12-4-1-2-5-13(12)10-16/h1-8H,9-10H2. The molecule has 0 aromatic heterocycles. The molecule has 18 heavy (non-hydrogen) atoms. The molecule has 0 amide bonds. The van der Waals surface area contributed by atoms with Crippen LogP contribution in [-0.4, -0.2) is 0 Å². The highest BCUT2D eigenvalue weighted by molar-refractivity contribution is 9.10. The van der Waals surface area contributed by atoms with Crippen LogP contribution in [0.1, 0.15) is 16.7 Å². The number of rotatable bonds is 1. The third-order valence-electron chi connectivity index (χ3n) is 3.69. The highest BCUT2D eigenvalue weighted by Gasteiger charge is 2.38. The van der Waals surface area contributed by atoms with E-state index in [1.54, 1.807) is 0 Å². The predicted octanol–water partition coefficient (Wildman–Crippen LogP) is 4.01. The maximum absolute atomic E-state index is 9.67. The molecule has 2 heteroatoms. The van der Waals surface area contributed by atoms with Crippen molar-refractivity contribution < 1.29 is 0 Å². The molecule has 0 heterocycles. The third kappa shape index (κ3) is 1.76. The van der Waals surface area contributed by atoms with E-state index in [2.05, 4.69) is 46.3 Å². The number of benzene rings is 2. The fourth-order valence-corrected chi connectivity index (χ4v) is 3.15. The van der Waals surface area contributed by atoms with E-state index in [1.165, 1.54) is 11.1 Å². The Kier molecular flexibility index (Phi) is 2.72. The normalized spacial score (nSPS) is 16.0. The first-order valence-corrected chi connectivity index (χ1v) is 6.77. The summed E-state index contributed by atoms with van der Waals surface area (Å²) >= 11 is 3.49. The molecule has 3 rings (SSSR count). The summed E-state index contributed by atoms with van der Waals surface area (Å²) in [6.45, 7) is 0. The van der Waals surface area contributed by atoms with Crippen LogP contribution < -0.4 is 0 Å². The number of hydrogen-bond donors (Lipinski definition) is 0. The average molecular weight is 298 g/mol. The number of hydrogen-bond acceptors (Lipinski definition) is 1. The van der Waals surface area contributed by atoms with Gasteiger partial charge in [0.2, 0.25) is 0 Å². The van der Waals surface area contributed by atoms with E-state index in [0.717, 1.165) is 22.9 Å². The molecule has 88 valence electrons. The molecule has 2 aromatic carbocycles. The second-order valence-corrected chi connectivity index (χ2v) is 5.74. The number of nitriles is 1. The quantitative estimate of drug-likeness (QED) is 0.780. The van der Waals surface area contributed by atoms with Gasteiger partial charge in [0.25, 0.3) is 0 Å². The second-order valence-electron chi connectivity index (χ2n) is 4.83. The van der Waals surface area contributed by atoms with Crippen LogP contribution in [0.4, 0.5) is 0 Å². The summed E-state index contributed by atoms with van der Waals surface area (Å²) in [5.41, 5.74) is 3.32. The van der Waals surface area contributed by atoms with Gasteiger partial charge in [0.1, 0.15) is 0 Å². The van der Waals surface area contributed by atoms with E-state index in [9.17, 15) is 5.26 Å². The molecule has 0 saturated heterocycles. The van der Waals surface area contributed by atoms with Gasteiger partial charge in [-0.1, -0.05) is 52.3 Å². The van der Waals surface area contributed by atoms with Crippen molar-refractivity contribution in [3.63, 3.8) is 0 Å². The molecule has 0 unspecified atom stereocenters. The van der Waals surface area contributed by atoms with Crippen LogP contribution in [0.25, 0.3) is 0 Å². The molecular formula is C16H12BrN. The van der Waals surface area contributed by atoms with Gasteiger partial charge in [-0.05, 0) is 41.7 Å². The summed E-state index contributed by atoms with van der Waals surface area (Å²) < 4.78 is 1.03. The Morgan fingerprint density at radius 2 is 1.67 bits per heavy atom. The van der Waals surface area contributed by atoms with E-state index in [0.29, 0.717) is 0 Å². The Morgan fingerprint density at radius 1 is 1.00 bits per heavy atom. The predicted molar refractivity (Wildman–Crippen MR) is 75.3 cm³/mol. The summed E-state index contributed by atoms with van der Waals surface area (Å²) in [6.07, 6.45) is 1.63. The first-order valence-electron chi connectivity index (χ1n) is 5.98. The minimum atomic E-state index is -0.395. The van der Waals surface area contributed by atoms with Crippen LogP contribution in [0.3, 0.4) is 0 Å². The summed E-state index contributed by atoms with van der Waals surface area (Å²) in [5.74, 6) is 0. The maximum atomic E-state index is 9.67. The van der Waals surface area contributed by atoms with Gasteiger partial charge in [-0.15, -0.1) is 0 Å². The number of halogens is 1. The molecule has 0 fully saturated rings. The minimum Gasteiger partial charge on any atom is -0.197 e. The maximum Gasteiger partial charge on any atom is 0.0903 e. The SMILES string of the molecule is N#CC1(c2cccc(Br)c2)Cc2ccccc2C1. The van der Waals surface area contributed by atoms with Gasteiger partial charge in [0, 0.05) is 4.47 Å². The number of fused-ring (bicyclic) bond motifs is 1. The summed E-state index contributed by atoms with van der Waals surface area (Å²) in [4.78, 5) is 0. The lowest BCUT2D eigenvalue weighted by Crippen LogP contribution is -2.24. The summed E-state index contributed by atoms with van der Waals surface area (Å²) in [7, 11) is 0. The van der Waals surface area contributed by atoms with Crippen molar-refractivity contribution in [2.75, 3.05) is 0 Å². The molecule has 0 radical (unpaired) electrons. The summed E-state index contributed by atoms with van der Waals surface area (Å²) in [6, 6.07) is 19.0. The van der Waals surface area contributed by atoms with Gasteiger partial charge in [-0.3, -0.25) is 0 Å². The van der Waals surface area contributed by atoms with Gasteiger partial charge in [0.05, 0.1) is 11.5 Å². The molecule has 0 bridgehead atoms. The van der Waals surface area contributed by atoms with E-state index in [1.807, 2.05) is 24.3 Å². The molecule has 2 aromatic rings. The lowest BCUT2D eigenvalue weighted by Gasteiger charge is -2.21. The van der Waals surface area contributed by atoms with Gasteiger partial charge < -0.3 is 0 Å². The molecule has 0 N–H and O–H groups in total. The van der Waals surface area contributed by atoms with Crippen LogP contribution in [-0.2, 0) is 18.3 Å². The molecule has 0 saturated carbocycles. The number of nitrogens with zero attached hydrogens (tertiary/aromatic N) is 1. The Balaban J connectivity index is 2.08. The Morgan fingerprint density at radius 3 is 2.22 bits per heavy atom. The Hall–Kier alpha value is -1.59. The van der Waals surface area contributed by atoms with Crippen LogP contribution in [0.2, 0.25) is 0 Å². The monoisotopic (exact) mass is 297 g/mol. The topological polar surface area (TPSA) is 23.8 Å². The van der Waals surface area contributed by atoms with Crippen molar-refractivity contribution in [3.8, 4) is 6.07 Å². The van der Waals surface area contributed by atoms with Gasteiger partial charge in [-0.25, -0.2) is 0 Å². The average Bonchev–Trinajstić information content (AvgIpc) is 2.78. The fourth-order valence-electron chi connectivity index (χ4n) is 2.75. The Bertz CT molecular complexity index is 615. The van der Waals surface area contributed by atoms with E-state index >= 15 is 0 Å². The van der Waals surface area contributed by atoms with E-state index in [-0.39, 0.29) is 0 Å². The Labute approximate surface area is 115 Å². The first kappa shape index (κ1) is 11.5. The minimum absolute atomic E-state index is 0.395. The van der Waals surface area contributed by atoms with Crippen LogP contribution in [0.5, 0.6) is 0 Å². The van der Waals surface area contributed by atoms with Crippen LogP contribution in [0.15, 0.2) is 53.0 Å². The molecular weight excluding hydrogens is 286 g/mol. The zero-order valence-corrected chi connectivity index (χ0v) is 11.4. The molecule has 1 nitrogen and oxygen atoms in total. The largest absolute Gasteiger partial charge is 0.197 e. The fraction of sp³-hybridized carbons (Fsp3) is 0.188. The van der Waals surface area contributed by atoms with Crippen molar-refractivity contribution >= 4 is 15.9 Å². The van der Waals surface area contributed by atoms with Gasteiger partial charge >= 0.3 is 0 Å². The molecule has 0 spiro atoms. The first-order chi connectivity index (χ1) is 8.73. The van der Waals surface area contributed by atoms with Gasteiger partial charge in [0.15, 0.2) is 0 Å². The zero-order valence-electron chi connectivity index (χ0n) is 9.86. The summed E-state index contributed by atoms with van der Waals surface area (Å²) in [5, 5.41) is 9.67. The lowest BCUT2D eigenvalue weighted by molar-refractivity contribution is 0.587. The van der Waals surface area contributed by atoms with E-state index < -0.39 is 5.41 Å². The molecule has 0 atom stereocenters. The lowest BCUT2D eigenvalue weighted by atomic mass is 9.79. The smallest absolute Gasteiger partial charge is 0.0903 e. The molecule has 1 aliphatic carbocycles. The molecule has 1 aliphatic rings. The zero-order chi connectivity index (χ0) is 12.6. The van der Waals surface area contributed by atoms with E-state index in [4.69, 9.17) is 0 Å². The van der Waals surface area contributed by atoms with Crippen LogP contribution in [0, 0.1) is 11.3 Å². The van der Waals surface area contributed by atoms with Crippen molar-refractivity contribution in [3.05, 3.63) is 69.7 Å². The van der Waals surface area contributed by atoms with Crippen LogP contribution >= 0.6 is 15.9 Å². The molecule has 0 aliphatic heterocycles. The highest BCUT2D eigenvalue weighted by Crippen LogP contribution is 2.39. The second kappa shape index (κ2) is 4.26. The van der Waals surface area contributed by atoms with Crippen molar-refractivity contribution in [1.82, 2.24) is 0 Å². The highest BCUT2D eigenvalue weighted by atomic mass is 79.9. The van der Waals surface area contributed by atoms with Crippen molar-refractivity contribution in [2.24, 2.45) is 0 Å².